The molecule has 0 heterocycles. The highest BCUT2D eigenvalue weighted by atomic mass is 79.9. The number of aromatic hydroxyl groups is 1. The van der Waals surface area contributed by atoms with Gasteiger partial charge in [-0.15, -0.1) is 0 Å². The molecule has 0 radical (unpaired) electrons. The van der Waals surface area contributed by atoms with E-state index < -0.39 is 0 Å². The van der Waals surface area contributed by atoms with Crippen molar-refractivity contribution in [2.45, 2.75) is 12.8 Å². The van der Waals surface area contributed by atoms with Gasteiger partial charge < -0.3 is 9.84 Å². The molecule has 0 aliphatic carbocycles. The molecule has 0 spiro atoms. The van der Waals surface area contributed by atoms with Crippen LogP contribution in [0.2, 0.25) is 0 Å². The van der Waals surface area contributed by atoms with Gasteiger partial charge in [0.05, 0.1) is 6.61 Å². The van der Waals surface area contributed by atoms with E-state index >= 15 is 0 Å². The summed E-state index contributed by atoms with van der Waals surface area (Å²) >= 11 is 3.40. The molecule has 1 N–H and O–H groups in total. The van der Waals surface area contributed by atoms with Crippen LogP contribution in [0.5, 0.6) is 11.5 Å². The van der Waals surface area contributed by atoms with E-state index in [2.05, 4.69) is 15.9 Å². The second-order valence-electron chi connectivity index (χ2n) is 3.94. The number of phenols is 1. The number of unbranched alkanes of at least 4 members (excludes halogenated alkanes) is 1. The molecule has 0 bridgehead atoms. The van der Waals surface area contributed by atoms with E-state index in [9.17, 15) is 5.11 Å². The summed E-state index contributed by atoms with van der Waals surface area (Å²) in [5.41, 5.74) is 0. The molecule has 0 aliphatic heterocycles. The lowest BCUT2D eigenvalue weighted by atomic mass is 10.1. The number of hydrogen-bond donors (Lipinski definition) is 1. The average Bonchev–Trinajstić information content (AvgIpc) is 2.35. The molecule has 0 saturated carbocycles. The molecule has 2 aromatic carbocycles. The molecule has 0 atom stereocenters. The molecule has 2 aromatic rings. The van der Waals surface area contributed by atoms with Crippen molar-refractivity contribution >= 4 is 26.7 Å². The van der Waals surface area contributed by atoms with Gasteiger partial charge in [0, 0.05) is 5.33 Å². The number of fused-ring (bicyclic) bond motifs is 1. The summed E-state index contributed by atoms with van der Waals surface area (Å²) in [6.07, 6.45) is 2.18. The Kier molecular flexibility index (Phi) is 4.26. The highest BCUT2D eigenvalue weighted by Gasteiger charge is 1.98. The normalized spacial score (nSPS) is 10.6. The average molecular weight is 295 g/mol. The van der Waals surface area contributed by atoms with Crippen LogP contribution in [0.15, 0.2) is 36.4 Å². The molecule has 3 heteroatoms. The minimum atomic E-state index is 0.295. The maximum atomic E-state index is 9.36. The number of alkyl halides is 1. The van der Waals surface area contributed by atoms with Crippen molar-refractivity contribution in [2.24, 2.45) is 0 Å². The van der Waals surface area contributed by atoms with Gasteiger partial charge in [-0.2, -0.15) is 0 Å². The van der Waals surface area contributed by atoms with Gasteiger partial charge in [0.2, 0.25) is 0 Å². The first-order chi connectivity index (χ1) is 8.29. The standard InChI is InChI=1S/C14H15BrO2/c15-7-1-2-8-17-14-6-4-11-9-13(16)5-3-12(11)10-14/h3-6,9-10,16H,1-2,7-8H2. The quantitative estimate of drug-likeness (QED) is 0.664. The van der Waals surface area contributed by atoms with Crippen LogP contribution < -0.4 is 4.74 Å². The Bertz CT molecular complexity index is 497. The Morgan fingerprint density at radius 1 is 1.00 bits per heavy atom. The first-order valence-corrected chi connectivity index (χ1v) is 6.83. The van der Waals surface area contributed by atoms with Gasteiger partial charge in [-0.1, -0.05) is 28.1 Å². The van der Waals surface area contributed by atoms with Gasteiger partial charge in [0.1, 0.15) is 11.5 Å². The number of hydrogen-bond acceptors (Lipinski definition) is 2. The lowest BCUT2D eigenvalue weighted by molar-refractivity contribution is 0.310. The highest BCUT2D eigenvalue weighted by Crippen LogP contribution is 2.24. The predicted molar refractivity (Wildman–Crippen MR) is 74.1 cm³/mol. The van der Waals surface area contributed by atoms with Crippen molar-refractivity contribution in [3.05, 3.63) is 36.4 Å². The number of ether oxygens (including phenoxy) is 1. The van der Waals surface area contributed by atoms with Crippen molar-refractivity contribution in [3.8, 4) is 11.5 Å². The Morgan fingerprint density at radius 2 is 1.76 bits per heavy atom. The fourth-order valence-electron chi connectivity index (χ4n) is 1.69. The van der Waals surface area contributed by atoms with Crippen LogP contribution in [0.25, 0.3) is 10.8 Å². The van der Waals surface area contributed by atoms with Crippen LogP contribution in [-0.4, -0.2) is 17.0 Å². The first-order valence-electron chi connectivity index (χ1n) is 5.71. The second-order valence-corrected chi connectivity index (χ2v) is 4.73. The molecule has 0 saturated heterocycles. The van der Waals surface area contributed by atoms with E-state index in [0.29, 0.717) is 5.75 Å². The van der Waals surface area contributed by atoms with E-state index in [1.165, 1.54) is 0 Å². The molecule has 0 amide bonds. The van der Waals surface area contributed by atoms with Gasteiger partial charge in [0.15, 0.2) is 0 Å². The zero-order valence-corrected chi connectivity index (χ0v) is 11.1. The molecule has 2 rings (SSSR count). The summed E-state index contributed by atoms with van der Waals surface area (Å²) in [6.45, 7) is 0.745. The lowest BCUT2D eigenvalue weighted by Gasteiger charge is -2.07. The molecule has 17 heavy (non-hydrogen) atoms. The van der Waals surface area contributed by atoms with Crippen molar-refractivity contribution < 1.29 is 9.84 Å². The van der Waals surface area contributed by atoms with Gasteiger partial charge in [-0.25, -0.2) is 0 Å². The minimum absolute atomic E-state index is 0.295. The van der Waals surface area contributed by atoms with Gasteiger partial charge in [0.25, 0.3) is 0 Å². The molecule has 0 aromatic heterocycles. The first kappa shape index (κ1) is 12.2. The fraction of sp³-hybridized carbons (Fsp3) is 0.286. The Labute approximate surface area is 109 Å². The summed E-state index contributed by atoms with van der Waals surface area (Å²) in [5.74, 6) is 1.18. The maximum absolute atomic E-state index is 9.36. The van der Waals surface area contributed by atoms with Crippen molar-refractivity contribution in [1.82, 2.24) is 0 Å². The van der Waals surface area contributed by atoms with Gasteiger partial charge in [-0.3, -0.25) is 0 Å². The van der Waals surface area contributed by atoms with Crippen LogP contribution in [0, 0.1) is 0 Å². The van der Waals surface area contributed by atoms with E-state index in [1.54, 1.807) is 12.1 Å². The number of benzene rings is 2. The van der Waals surface area contributed by atoms with Crippen LogP contribution in [0.1, 0.15) is 12.8 Å². The van der Waals surface area contributed by atoms with E-state index in [0.717, 1.165) is 41.3 Å². The molecule has 2 nitrogen and oxygen atoms in total. The molecule has 0 unspecified atom stereocenters. The summed E-state index contributed by atoms with van der Waals surface area (Å²) in [6, 6.07) is 11.3. The third-order valence-corrected chi connectivity index (χ3v) is 3.15. The number of rotatable bonds is 5. The Morgan fingerprint density at radius 3 is 2.59 bits per heavy atom. The van der Waals surface area contributed by atoms with Crippen LogP contribution in [0.3, 0.4) is 0 Å². The summed E-state index contributed by atoms with van der Waals surface area (Å²) < 4.78 is 5.66. The van der Waals surface area contributed by atoms with Gasteiger partial charge >= 0.3 is 0 Å². The SMILES string of the molecule is Oc1ccc2cc(OCCCCBr)ccc2c1. The smallest absolute Gasteiger partial charge is 0.119 e. The van der Waals surface area contributed by atoms with Crippen molar-refractivity contribution in [3.63, 3.8) is 0 Å². The second kappa shape index (κ2) is 5.92. The number of phenolic OH excluding ortho intramolecular Hbond substituents is 1. The minimum Gasteiger partial charge on any atom is -0.508 e. The fourth-order valence-corrected chi connectivity index (χ4v) is 2.08. The zero-order valence-electron chi connectivity index (χ0n) is 9.53. The molecular weight excluding hydrogens is 280 g/mol. The summed E-state index contributed by atoms with van der Waals surface area (Å²) in [4.78, 5) is 0. The third kappa shape index (κ3) is 3.37. The molecule has 0 fully saturated rings. The maximum Gasteiger partial charge on any atom is 0.119 e. The number of halogens is 1. The molecular formula is C14H15BrO2. The topological polar surface area (TPSA) is 29.5 Å². The van der Waals surface area contributed by atoms with E-state index in [-0.39, 0.29) is 0 Å². The molecule has 90 valence electrons. The summed E-state index contributed by atoms with van der Waals surface area (Å²) in [7, 11) is 0. The Hall–Kier alpha value is -1.22. The van der Waals surface area contributed by atoms with Crippen LogP contribution in [-0.2, 0) is 0 Å². The monoisotopic (exact) mass is 294 g/mol. The van der Waals surface area contributed by atoms with Crippen LogP contribution >= 0.6 is 15.9 Å². The largest absolute Gasteiger partial charge is 0.508 e. The Balaban J connectivity index is 2.07. The zero-order chi connectivity index (χ0) is 12.1. The third-order valence-electron chi connectivity index (χ3n) is 2.59. The summed E-state index contributed by atoms with van der Waals surface area (Å²) in [5, 5.41) is 12.5. The predicted octanol–water partition coefficient (Wildman–Crippen LogP) is 4.10. The highest BCUT2D eigenvalue weighted by molar-refractivity contribution is 9.09. The van der Waals surface area contributed by atoms with Gasteiger partial charge in [-0.05, 0) is 47.9 Å². The van der Waals surface area contributed by atoms with E-state index in [1.807, 2.05) is 24.3 Å². The van der Waals surface area contributed by atoms with E-state index in [4.69, 9.17) is 4.74 Å². The van der Waals surface area contributed by atoms with Crippen LogP contribution in [0.4, 0.5) is 0 Å². The van der Waals surface area contributed by atoms with Crippen molar-refractivity contribution in [2.75, 3.05) is 11.9 Å². The molecule has 0 aliphatic rings. The van der Waals surface area contributed by atoms with Crippen molar-refractivity contribution in [1.29, 1.82) is 0 Å². The lowest BCUT2D eigenvalue weighted by Crippen LogP contribution is -1.97.